The van der Waals surface area contributed by atoms with Gasteiger partial charge in [0.25, 0.3) is 0 Å². The number of esters is 1. The molecule has 0 unspecified atom stereocenters. The molecule has 164 valence electrons. The minimum atomic E-state index is -2.30. The van der Waals surface area contributed by atoms with Crippen molar-refractivity contribution in [2.45, 2.75) is 5.54 Å². The van der Waals surface area contributed by atoms with Crippen LogP contribution in [-0.2, 0) is 15.1 Å². The first-order chi connectivity index (χ1) is 16.2. The van der Waals surface area contributed by atoms with Gasteiger partial charge in [0.05, 0.1) is 13.0 Å². The van der Waals surface area contributed by atoms with Gasteiger partial charge in [-0.25, -0.2) is 0 Å². The maximum atomic E-state index is 13.5. The van der Waals surface area contributed by atoms with Crippen LogP contribution < -0.4 is 10.6 Å². The van der Waals surface area contributed by atoms with E-state index < -0.39 is 18.5 Å². The van der Waals surface area contributed by atoms with Crippen LogP contribution in [0.4, 0.5) is 0 Å². The Hall–Kier alpha value is -3.42. The molecule has 1 heterocycles. The Bertz CT molecular complexity index is 1210. The molecule has 0 bridgehead atoms. The summed E-state index contributed by atoms with van der Waals surface area (Å²) in [5.74, 6) is -0.666. The topological polar surface area (TPSA) is 38.7 Å². The van der Waals surface area contributed by atoms with E-state index in [9.17, 15) is 4.79 Å². The molecule has 4 aromatic rings. The van der Waals surface area contributed by atoms with Gasteiger partial charge < -0.3 is 4.74 Å². The smallest absolute Gasteiger partial charge is 0.312 e. The molecule has 0 amide bonds. The third-order valence-corrected chi connectivity index (χ3v) is 10.4. The first-order valence-corrected chi connectivity index (χ1v) is 13.1. The molecule has 0 N–H and O–H groups in total. The Labute approximate surface area is 195 Å². The number of benzene rings is 4. The first-order valence-electron chi connectivity index (χ1n) is 11.1. The third-order valence-electron chi connectivity index (χ3n) is 6.56. The van der Waals surface area contributed by atoms with E-state index in [1.165, 1.54) is 17.7 Å². The second-order valence-electron chi connectivity index (χ2n) is 8.30. The third kappa shape index (κ3) is 3.53. The standard InChI is InChI=1S/C29H26NO2P/c1-32-28(31)27-22-33(25-18-10-4-11-19-25,26-20-12-5-13-21-26)30-29(27,23-14-6-2-7-15-23)24-16-8-3-9-17-24/h2-21,27H,22H2,1H3/t27-/m1/s1. The van der Waals surface area contributed by atoms with Crippen molar-refractivity contribution in [3.63, 3.8) is 0 Å². The van der Waals surface area contributed by atoms with E-state index >= 15 is 0 Å². The molecule has 33 heavy (non-hydrogen) atoms. The van der Waals surface area contributed by atoms with E-state index in [2.05, 4.69) is 72.8 Å². The van der Waals surface area contributed by atoms with E-state index in [0.717, 1.165) is 11.1 Å². The Morgan fingerprint density at radius 2 is 1.12 bits per heavy atom. The van der Waals surface area contributed by atoms with E-state index in [1.807, 2.05) is 48.5 Å². The van der Waals surface area contributed by atoms with Gasteiger partial charge >= 0.3 is 5.97 Å². The van der Waals surface area contributed by atoms with Crippen LogP contribution in [0, 0.1) is 5.92 Å². The summed E-state index contributed by atoms with van der Waals surface area (Å²) < 4.78 is 11.2. The second-order valence-corrected chi connectivity index (χ2v) is 11.4. The summed E-state index contributed by atoms with van der Waals surface area (Å²) in [4.78, 5) is 13.5. The fraction of sp³-hybridized carbons (Fsp3) is 0.138. The highest BCUT2D eigenvalue weighted by molar-refractivity contribution is 7.81. The molecule has 1 atom stereocenters. The van der Waals surface area contributed by atoms with Crippen LogP contribution in [0.25, 0.3) is 0 Å². The van der Waals surface area contributed by atoms with Crippen LogP contribution >= 0.6 is 7.05 Å². The zero-order valence-corrected chi connectivity index (χ0v) is 19.4. The van der Waals surface area contributed by atoms with Gasteiger partial charge in [-0.1, -0.05) is 121 Å². The molecule has 3 nitrogen and oxygen atoms in total. The van der Waals surface area contributed by atoms with Gasteiger partial charge in [-0.3, -0.25) is 9.54 Å². The summed E-state index contributed by atoms with van der Waals surface area (Å²) in [5, 5.41) is 2.36. The van der Waals surface area contributed by atoms with Crippen molar-refractivity contribution in [1.29, 1.82) is 0 Å². The predicted octanol–water partition coefficient (Wildman–Crippen LogP) is 5.59. The SMILES string of the molecule is COC(=O)[C@H]1CP(c2ccccc2)(c2ccccc2)=NC1(c1ccccc1)c1ccccc1. The number of hydrogen-bond donors (Lipinski definition) is 0. The van der Waals surface area contributed by atoms with Crippen LogP contribution in [0.5, 0.6) is 0 Å². The van der Waals surface area contributed by atoms with Gasteiger partial charge in [-0.2, -0.15) is 0 Å². The Morgan fingerprint density at radius 3 is 1.52 bits per heavy atom. The van der Waals surface area contributed by atoms with Crippen molar-refractivity contribution in [2.75, 3.05) is 13.3 Å². The molecule has 0 saturated heterocycles. The molecule has 0 aromatic heterocycles. The van der Waals surface area contributed by atoms with Crippen molar-refractivity contribution < 1.29 is 9.53 Å². The molecule has 0 aliphatic carbocycles. The summed E-state index contributed by atoms with van der Waals surface area (Å²) in [5.41, 5.74) is 1.19. The summed E-state index contributed by atoms with van der Waals surface area (Å²) in [6.45, 7) is 0. The fourth-order valence-corrected chi connectivity index (χ4v) is 9.27. The van der Waals surface area contributed by atoms with Crippen molar-refractivity contribution in [2.24, 2.45) is 10.7 Å². The highest BCUT2D eigenvalue weighted by Gasteiger charge is 2.55. The van der Waals surface area contributed by atoms with E-state index in [0.29, 0.717) is 6.16 Å². The minimum absolute atomic E-state index is 0.222. The highest BCUT2D eigenvalue weighted by Crippen LogP contribution is 2.63. The van der Waals surface area contributed by atoms with E-state index in [4.69, 9.17) is 9.48 Å². The van der Waals surface area contributed by atoms with Gasteiger partial charge in [0.2, 0.25) is 0 Å². The molecule has 0 radical (unpaired) electrons. The molecular formula is C29H26NO2P. The van der Waals surface area contributed by atoms with Crippen molar-refractivity contribution >= 4 is 23.6 Å². The lowest BCUT2D eigenvalue weighted by Gasteiger charge is -2.33. The Morgan fingerprint density at radius 1 is 0.727 bits per heavy atom. The van der Waals surface area contributed by atoms with Crippen LogP contribution in [0.3, 0.4) is 0 Å². The number of rotatable bonds is 5. The maximum Gasteiger partial charge on any atom is 0.312 e. The van der Waals surface area contributed by atoms with Crippen LogP contribution in [0.2, 0.25) is 0 Å². The van der Waals surface area contributed by atoms with Gasteiger partial charge in [-0.15, -0.1) is 0 Å². The van der Waals surface area contributed by atoms with Gasteiger partial charge in [0, 0.05) is 13.2 Å². The Kier molecular flexibility index (Phi) is 5.74. The van der Waals surface area contributed by atoms with Crippen molar-refractivity contribution in [3.05, 3.63) is 132 Å². The lowest BCUT2D eigenvalue weighted by atomic mass is 9.74. The lowest BCUT2D eigenvalue weighted by molar-refractivity contribution is -0.146. The molecule has 1 aliphatic heterocycles. The maximum absolute atomic E-state index is 13.5. The molecule has 5 rings (SSSR count). The number of carbonyl (C=O) groups is 1. The van der Waals surface area contributed by atoms with Gasteiger partial charge in [0.15, 0.2) is 0 Å². The monoisotopic (exact) mass is 451 g/mol. The van der Waals surface area contributed by atoms with Crippen molar-refractivity contribution in [1.82, 2.24) is 0 Å². The minimum Gasteiger partial charge on any atom is -0.469 e. The van der Waals surface area contributed by atoms with Crippen LogP contribution in [0.1, 0.15) is 11.1 Å². The average Bonchev–Trinajstić information content (AvgIpc) is 3.29. The van der Waals surface area contributed by atoms with E-state index in [1.54, 1.807) is 0 Å². The quantitative estimate of drug-likeness (QED) is 0.293. The summed E-state index contributed by atoms with van der Waals surface area (Å²) in [7, 11) is -0.824. The predicted molar refractivity (Wildman–Crippen MR) is 136 cm³/mol. The second kappa shape index (κ2) is 8.84. The molecule has 0 fully saturated rings. The molecule has 0 spiro atoms. The van der Waals surface area contributed by atoms with E-state index in [-0.39, 0.29) is 5.97 Å². The zero-order valence-electron chi connectivity index (χ0n) is 18.5. The summed E-state index contributed by atoms with van der Waals surface area (Å²) in [6.07, 6.45) is 0.623. The molecule has 4 heteroatoms. The molecular weight excluding hydrogens is 425 g/mol. The van der Waals surface area contributed by atoms with Crippen LogP contribution in [-0.4, -0.2) is 19.2 Å². The highest BCUT2D eigenvalue weighted by atomic mass is 31.2. The number of methoxy groups -OCH3 is 1. The number of ether oxygens (including phenoxy) is 1. The largest absolute Gasteiger partial charge is 0.469 e. The van der Waals surface area contributed by atoms with Gasteiger partial charge in [-0.05, 0) is 21.7 Å². The number of hydrogen-bond acceptors (Lipinski definition) is 3. The lowest BCUT2D eigenvalue weighted by Crippen LogP contribution is -2.38. The van der Waals surface area contributed by atoms with Crippen molar-refractivity contribution in [3.8, 4) is 0 Å². The number of carbonyl (C=O) groups excluding carboxylic acids is 1. The Balaban J connectivity index is 1.92. The zero-order chi connectivity index (χ0) is 22.7. The normalized spacial score (nSPS) is 18.3. The summed E-state index contributed by atoms with van der Waals surface area (Å²) in [6, 6.07) is 41.4. The van der Waals surface area contributed by atoms with Crippen LogP contribution in [0.15, 0.2) is 126 Å². The molecule has 4 aromatic carbocycles. The van der Waals surface area contributed by atoms with Gasteiger partial charge in [0.1, 0.15) is 5.54 Å². The average molecular weight is 452 g/mol. The molecule has 0 saturated carbocycles. The fourth-order valence-electron chi connectivity index (χ4n) is 5.06. The molecule has 1 aliphatic rings. The summed E-state index contributed by atoms with van der Waals surface area (Å²) >= 11 is 0. The number of nitrogens with zero attached hydrogens (tertiary/aromatic N) is 1. The first kappa shape index (κ1) is 21.4.